The van der Waals surface area contributed by atoms with E-state index in [2.05, 4.69) is 47.2 Å². The molecule has 4 heteroatoms. The molecule has 0 fully saturated rings. The Morgan fingerprint density at radius 1 is 1.33 bits per heavy atom. The van der Waals surface area contributed by atoms with E-state index in [-0.39, 0.29) is 6.04 Å². The zero-order valence-corrected chi connectivity index (χ0v) is 13.1. The quantitative estimate of drug-likeness (QED) is 0.827. The first-order valence-corrected chi connectivity index (χ1v) is 7.92. The minimum atomic E-state index is 0.152. The van der Waals surface area contributed by atoms with Gasteiger partial charge in [-0.15, -0.1) is 11.3 Å². The van der Waals surface area contributed by atoms with Gasteiger partial charge in [-0.25, -0.2) is 0 Å². The number of halogens is 1. The van der Waals surface area contributed by atoms with Gasteiger partial charge in [0.05, 0.1) is 10.7 Å². The van der Waals surface area contributed by atoms with E-state index in [4.69, 9.17) is 4.42 Å². The summed E-state index contributed by atoms with van der Waals surface area (Å²) in [5.41, 5.74) is 0. The monoisotopic (exact) mass is 327 g/mol. The van der Waals surface area contributed by atoms with E-state index >= 15 is 0 Å². The van der Waals surface area contributed by atoms with Crippen LogP contribution in [0.3, 0.4) is 0 Å². The first-order chi connectivity index (χ1) is 8.76. The molecule has 0 aliphatic carbocycles. The van der Waals surface area contributed by atoms with Crippen molar-refractivity contribution in [2.45, 2.75) is 32.7 Å². The Hall–Kier alpha value is -0.580. The molecule has 0 aliphatic heterocycles. The van der Waals surface area contributed by atoms with Crippen molar-refractivity contribution in [3.63, 3.8) is 0 Å². The van der Waals surface area contributed by atoms with Crippen LogP contribution in [0.25, 0.3) is 0 Å². The molecule has 18 heavy (non-hydrogen) atoms. The molecule has 2 rings (SSSR count). The molecule has 0 aliphatic rings. The molecule has 0 spiro atoms. The number of rotatable bonds is 6. The number of aryl methyl sites for hydroxylation is 1. The number of thiophene rings is 1. The van der Waals surface area contributed by atoms with E-state index in [1.165, 1.54) is 9.75 Å². The van der Waals surface area contributed by atoms with Crippen LogP contribution in [-0.4, -0.2) is 6.54 Å². The highest BCUT2D eigenvalue weighted by molar-refractivity contribution is 9.10. The van der Waals surface area contributed by atoms with Gasteiger partial charge in [-0.05, 0) is 53.5 Å². The summed E-state index contributed by atoms with van der Waals surface area (Å²) in [6.07, 6.45) is 3.93. The lowest BCUT2D eigenvalue weighted by Gasteiger charge is -2.15. The van der Waals surface area contributed by atoms with Crippen LogP contribution < -0.4 is 5.32 Å². The molecule has 0 aromatic carbocycles. The van der Waals surface area contributed by atoms with Crippen molar-refractivity contribution in [3.8, 4) is 0 Å². The molecule has 1 atom stereocenters. The van der Waals surface area contributed by atoms with Crippen molar-refractivity contribution in [1.29, 1.82) is 0 Å². The second kappa shape index (κ2) is 6.55. The van der Waals surface area contributed by atoms with Crippen LogP contribution >= 0.6 is 27.3 Å². The van der Waals surface area contributed by atoms with E-state index in [1.54, 1.807) is 6.26 Å². The number of hydrogen-bond donors (Lipinski definition) is 1. The Morgan fingerprint density at radius 2 is 2.17 bits per heavy atom. The topological polar surface area (TPSA) is 25.2 Å². The van der Waals surface area contributed by atoms with E-state index < -0.39 is 0 Å². The molecule has 0 saturated heterocycles. The van der Waals surface area contributed by atoms with Crippen molar-refractivity contribution in [1.82, 2.24) is 5.32 Å². The van der Waals surface area contributed by atoms with Gasteiger partial charge < -0.3 is 9.73 Å². The average molecular weight is 328 g/mol. The van der Waals surface area contributed by atoms with Crippen LogP contribution in [0.4, 0.5) is 0 Å². The van der Waals surface area contributed by atoms with Crippen molar-refractivity contribution in [2.75, 3.05) is 6.54 Å². The van der Waals surface area contributed by atoms with Crippen molar-refractivity contribution >= 4 is 27.3 Å². The number of nitrogens with one attached hydrogen (secondary N) is 1. The van der Waals surface area contributed by atoms with E-state index in [0.717, 1.165) is 29.6 Å². The maximum Gasteiger partial charge on any atom is 0.140 e. The lowest BCUT2D eigenvalue weighted by molar-refractivity contribution is 0.447. The normalized spacial score (nSPS) is 12.8. The Bertz CT molecular complexity index is 491. The van der Waals surface area contributed by atoms with Gasteiger partial charge in [-0.3, -0.25) is 0 Å². The zero-order valence-electron chi connectivity index (χ0n) is 10.7. The summed E-state index contributed by atoms with van der Waals surface area (Å²) < 4.78 is 6.65. The summed E-state index contributed by atoms with van der Waals surface area (Å²) in [7, 11) is 0. The standard InChI is InChI=1S/C14H18BrNOS/c1-3-8-16-13(14-11(15)7-9-17-14)12-6-5-10(4-2)18-12/h5-7,9,13,16H,3-4,8H2,1-2H3. The molecule has 2 nitrogen and oxygen atoms in total. The Morgan fingerprint density at radius 3 is 2.72 bits per heavy atom. The van der Waals surface area contributed by atoms with Crippen LogP contribution in [0.15, 0.2) is 33.4 Å². The summed E-state index contributed by atoms with van der Waals surface area (Å²) in [4.78, 5) is 2.73. The van der Waals surface area contributed by atoms with Crippen LogP contribution in [-0.2, 0) is 6.42 Å². The molecule has 0 radical (unpaired) electrons. The molecule has 2 heterocycles. The van der Waals surface area contributed by atoms with Gasteiger partial charge in [-0.2, -0.15) is 0 Å². The maximum absolute atomic E-state index is 5.62. The predicted molar refractivity (Wildman–Crippen MR) is 80.2 cm³/mol. The highest BCUT2D eigenvalue weighted by Gasteiger charge is 2.20. The van der Waals surface area contributed by atoms with E-state index in [1.807, 2.05) is 17.4 Å². The zero-order chi connectivity index (χ0) is 13.0. The first kappa shape index (κ1) is 13.8. The highest BCUT2D eigenvalue weighted by atomic mass is 79.9. The first-order valence-electron chi connectivity index (χ1n) is 6.31. The third-order valence-electron chi connectivity index (χ3n) is 2.82. The smallest absolute Gasteiger partial charge is 0.140 e. The molecular formula is C14H18BrNOS. The van der Waals surface area contributed by atoms with Gasteiger partial charge in [0, 0.05) is 9.75 Å². The van der Waals surface area contributed by atoms with Crippen LogP contribution in [0.5, 0.6) is 0 Å². The summed E-state index contributed by atoms with van der Waals surface area (Å²) in [6, 6.07) is 6.51. The highest BCUT2D eigenvalue weighted by Crippen LogP contribution is 2.33. The second-order valence-electron chi connectivity index (χ2n) is 4.18. The molecule has 2 aromatic heterocycles. The number of furan rings is 1. The molecule has 1 unspecified atom stereocenters. The molecule has 0 saturated carbocycles. The fourth-order valence-corrected chi connectivity index (χ4v) is 3.32. The van der Waals surface area contributed by atoms with Crippen molar-refractivity contribution in [2.24, 2.45) is 0 Å². The molecule has 0 amide bonds. The van der Waals surface area contributed by atoms with Crippen molar-refractivity contribution in [3.05, 3.63) is 44.4 Å². The lowest BCUT2D eigenvalue weighted by Crippen LogP contribution is -2.22. The minimum absolute atomic E-state index is 0.152. The van der Waals surface area contributed by atoms with Crippen LogP contribution in [0, 0.1) is 0 Å². The third-order valence-corrected chi connectivity index (χ3v) is 4.77. The largest absolute Gasteiger partial charge is 0.466 e. The lowest BCUT2D eigenvalue weighted by atomic mass is 10.2. The average Bonchev–Trinajstić information content (AvgIpc) is 3.00. The maximum atomic E-state index is 5.62. The van der Waals surface area contributed by atoms with Crippen LogP contribution in [0.2, 0.25) is 0 Å². The molecule has 0 bridgehead atoms. The second-order valence-corrected chi connectivity index (χ2v) is 6.23. The molecule has 1 N–H and O–H groups in total. The Kier molecular flexibility index (Phi) is 5.03. The van der Waals surface area contributed by atoms with E-state index in [9.17, 15) is 0 Å². The van der Waals surface area contributed by atoms with E-state index in [0.29, 0.717) is 0 Å². The minimum Gasteiger partial charge on any atom is -0.466 e. The summed E-state index contributed by atoms with van der Waals surface area (Å²) >= 11 is 5.41. The number of hydrogen-bond acceptors (Lipinski definition) is 3. The van der Waals surface area contributed by atoms with Gasteiger partial charge in [0.1, 0.15) is 11.8 Å². The van der Waals surface area contributed by atoms with Gasteiger partial charge >= 0.3 is 0 Å². The molecule has 98 valence electrons. The summed E-state index contributed by atoms with van der Waals surface area (Å²) in [6.45, 7) is 5.34. The molecule has 2 aromatic rings. The van der Waals surface area contributed by atoms with Gasteiger partial charge in [0.25, 0.3) is 0 Å². The SMILES string of the molecule is CCCNC(c1ccc(CC)s1)c1occc1Br. The van der Waals surface area contributed by atoms with Gasteiger partial charge in [0.2, 0.25) is 0 Å². The van der Waals surface area contributed by atoms with Gasteiger partial charge in [-0.1, -0.05) is 13.8 Å². The summed E-state index contributed by atoms with van der Waals surface area (Å²) in [5.74, 6) is 0.966. The van der Waals surface area contributed by atoms with Crippen molar-refractivity contribution < 1.29 is 4.42 Å². The summed E-state index contributed by atoms with van der Waals surface area (Å²) in [5, 5.41) is 3.55. The predicted octanol–water partition coefficient (Wildman–Crippen LogP) is 4.76. The Labute approximate surface area is 121 Å². The Balaban J connectivity index is 2.27. The third kappa shape index (κ3) is 3.05. The fraction of sp³-hybridized carbons (Fsp3) is 0.429. The molecular weight excluding hydrogens is 310 g/mol. The fourth-order valence-electron chi connectivity index (χ4n) is 1.86. The van der Waals surface area contributed by atoms with Crippen LogP contribution in [0.1, 0.15) is 41.8 Å². The van der Waals surface area contributed by atoms with Gasteiger partial charge in [0.15, 0.2) is 0 Å².